The van der Waals surface area contributed by atoms with E-state index in [0.29, 0.717) is 5.56 Å². The first-order valence-corrected chi connectivity index (χ1v) is 10.6. The highest BCUT2D eigenvalue weighted by Crippen LogP contribution is 2.46. The number of halogens is 5. The molecular weight excluding hydrogens is 436 g/mol. The Bertz CT molecular complexity index is 965. The van der Waals surface area contributed by atoms with Crippen LogP contribution in [-0.2, 0) is 0 Å². The van der Waals surface area contributed by atoms with Crippen LogP contribution < -0.4 is 5.32 Å². The van der Waals surface area contributed by atoms with Crippen LogP contribution in [0, 0.1) is 5.82 Å². The lowest BCUT2D eigenvalue weighted by atomic mass is 9.96. The number of fused-ring (bicyclic) bond motifs is 1. The van der Waals surface area contributed by atoms with Crippen molar-refractivity contribution in [3.05, 3.63) is 46.4 Å². The smallest absolute Gasteiger partial charge is 0.362 e. The Morgan fingerprint density at radius 1 is 1.16 bits per heavy atom. The van der Waals surface area contributed by atoms with Crippen molar-refractivity contribution in [2.45, 2.75) is 69.9 Å². The van der Waals surface area contributed by atoms with E-state index in [4.69, 9.17) is 11.6 Å². The van der Waals surface area contributed by atoms with E-state index in [-0.39, 0.29) is 35.0 Å². The van der Waals surface area contributed by atoms with Gasteiger partial charge in [-0.1, -0.05) is 23.7 Å². The molecule has 0 spiro atoms. The lowest BCUT2D eigenvalue weighted by Crippen LogP contribution is -2.47. The van der Waals surface area contributed by atoms with Crippen LogP contribution in [0.15, 0.2) is 24.3 Å². The third-order valence-corrected chi connectivity index (χ3v) is 6.56. The zero-order valence-corrected chi connectivity index (χ0v) is 17.8. The van der Waals surface area contributed by atoms with E-state index in [1.807, 2.05) is 13.8 Å². The van der Waals surface area contributed by atoms with E-state index >= 15 is 0 Å². The molecule has 0 bridgehead atoms. The first-order chi connectivity index (χ1) is 14.6. The van der Waals surface area contributed by atoms with E-state index in [0.717, 1.165) is 23.9 Å². The lowest BCUT2D eigenvalue weighted by molar-refractivity contribution is -0.173. The van der Waals surface area contributed by atoms with Crippen molar-refractivity contribution in [1.82, 2.24) is 14.7 Å². The average Bonchev–Trinajstić information content (AvgIpc) is 3.03. The third-order valence-electron chi connectivity index (χ3n) is 6.20. The number of nitrogens with one attached hydrogen (secondary N) is 1. The van der Waals surface area contributed by atoms with Crippen LogP contribution >= 0.6 is 11.6 Å². The highest BCUT2D eigenvalue weighted by molar-refractivity contribution is 6.36. The molecule has 2 aliphatic heterocycles. The Labute approximate surface area is 182 Å². The monoisotopic (exact) mass is 458 g/mol. The van der Waals surface area contributed by atoms with Crippen LogP contribution in [0.2, 0.25) is 5.02 Å². The van der Waals surface area contributed by atoms with Gasteiger partial charge in [-0.15, -0.1) is 0 Å². The van der Waals surface area contributed by atoms with Gasteiger partial charge in [-0.3, -0.25) is 4.79 Å². The van der Waals surface area contributed by atoms with Gasteiger partial charge in [-0.25, -0.2) is 9.07 Å². The summed E-state index contributed by atoms with van der Waals surface area (Å²) in [5.74, 6) is -0.995. The molecule has 10 heteroatoms. The summed E-state index contributed by atoms with van der Waals surface area (Å²) in [4.78, 5) is 14.9. The molecule has 31 heavy (non-hydrogen) atoms. The maximum Gasteiger partial charge on any atom is 0.410 e. The molecule has 0 aliphatic carbocycles. The van der Waals surface area contributed by atoms with E-state index < -0.39 is 30.0 Å². The van der Waals surface area contributed by atoms with E-state index in [1.54, 1.807) is 4.90 Å². The molecule has 0 radical (unpaired) electrons. The van der Waals surface area contributed by atoms with Gasteiger partial charge in [-0.2, -0.15) is 18.3 Å². The van der Waals surface area contributed by atoms with Crippen molar-refractivity contribution in [1.29, 1.82) is 0 Å². The Morgan fingerprint density at radius 3 is 2.35 bits per heavy atom. The molecule has 1 saturated heterocycles. The fourth-order valence-corrected chi connectivity index (χ4v) is 4.84. The second-order valence-electron chi connectivity index (χ2n) is 8.34. The Kier molecular flexibility index (Phi) is 5.66. The molecule has 1 amide bonds. The van der Waals surface area contributed by atoms with Crippen molar-refractivity contribution >= 4 is 23.3 Å². The summed E-state index contributed by atoms with van der Waals surface area (Å²) in [6, 6.07) is 2.43. The predicted octanol–water partition coefficient (Wildman–Crippen LogP) is 5.74. The van der Waals surface area contributed by atoms with Gasteiger partial charge in [0.05, 0.1) is 6.04 Å². The van der Waals surface area contributed by atoms with Gasteiger partial charge in [0.15, 0.2) is 11.7 Å². The SMILES string of the molecule is C[C@@H]1CCC[C@H](C)N1C(=O)c1nn2c(c1Cl)N[C@@H](c1ccc(F)cc1)C[C@H]2C(F)(F)F. The van der Waals surface area contributed by atoms with Crippen molar-refractivity contribution in [2.24, 2.45) is 0 Å². The number of rotatable bonds is 2. The summed E-state index contributed by atoms with van der Waals surface area (Å²) in [5, 5.41) is 6.89. The molecule has 1 aromatic heterocycles. The predicted molar refractivity (Wildman–Crippen MR) is 109 cm³/mol. The summed E-state index contributed by atoms with van der Waals surface area (Å²) in [6.07, 6.45) is -2.34. The zero-order chi connectivity index (χ0) is 22.5. The van der Waals surface area contributed by atoms with Gasteiger partial charge in [0.2, 0.25) is 0 Å². The summed E-state index contributed by atoms with van der Waals surface area (Å²) >= 11 is 6.42. The third kappa shape index (κ3) is 4.00. The molecule has 0 saturated carbocycles. The molecule has 1 N–H and O–H groups in total. The molecule has 4 rings (SSSR count). The van der Waals surface area contributed by atoms with Gasteiger partial charge in [0.1, 0.15) is 16.7 Å². The summed E-state index contributed by atoms with van der Waals surface area (Å²) in [5.41, 5.74) is 0.309. The number of aromatic nitrogens is 2. The topological polar surface area (TPSA) is 50.2 Å². The summed E-state index contributed by atoms with van der Waals surface area (Å²) < 4.78 is 55.8. The first-order valence-electron chi connectivity index (χ1n) is 10.3. The van der Waals surface area contributed by atoms with E-state index in [9.17, 15) is 22.4 Å². The molecule has 5 nitrogen and oxygen atoms in total. The van der Waals surface area contributed by atoms with Crippen LogP contribution in [0.4, 0.5) is 23.4 Å². The zero-order valence-electron chi connectivity index (χ0n) is 17.1. The fourth-order valence-electron chi connectivity index (χ4n) is 4.58. The second kappa shape index (κ2) is 8.00. The number of hydrogen-bond acceptors (Lipinski definition) is 3. The van der Waals surface area contributed by atoms with Crippen LogP contribution in [0.3, 0.4) is 0 Å². The second-order valence-corrected chi connectivity index (χ2v) is 8.72. The maximum absolute atomic E-state index is 13.9. The number of alkyl halides is 3. The lowest BCUT2D eigenvalue weighted by Gasteiger charge is -2.38. The fraction of sp³-hybridized carbons (Fsp3) is 0.524. The molecule has 4 atom stereocenters. The number of piperidine rings is 1. The number of carbonyl (C=O) groups is 1. The molecule has 2 aliphatic rings. The highest BCUT2D eigenvalue weighted by atomic mass is 35.5. The van der Waals surface area contributed by atoms with Crippen LogP contribution in [0.5, 0.6) is 0 Å². The average molecular weight is 459 g/mol. The quantitative estimate of drug-likeness (QED) is 0.584. The van der Waals surface area contributed by atoms with Crippen molar-refractivity contribution < 1.29 is 22.4 Å². The number of carbonyl (C=O) groups excluding carboxylic acids is 1. The van der Waals surface area contributed by atoms with Gasteiger partial charge in [0, 0.05) is 18.5 Å². The molecule has 1 aromatic carbocycles. The van der Waals surface area contributed by atoms with E-state index in [1.165, 1.54) is 24.3 Å². The van der Waals surface area contributed by atoms with Crippen molar-refractivity contribution in [2.75, 3.05) is 5.32 Å². The molecule has 1 fully saturated rings. The van der Waals surface area contributed by atoms with Crippen LogP contribution in [-0.4, -0.2) is 38.8 Å². The Hall–Kier alpha value is -2.29. The van der Waals surface area contributed by atoms with Crippen LogP contribution in [0.1, 0.15) is 67.7 Å². The molecular formula is C21H23ClF4N4O. The van der Waals surface area contributed by atoms with Gasteiger partial charge < -0.3 is 10.2 Å². The number of anilines is 1. The highest BCUT2D eigenvalue weighted by Gasteiger charge is 2.48. The first kappa shape index (κ1) is 21.9. The minimum absolute atomic E-state index is 0.0507. The van der Waals surface area contributed by atoms with Crippen molar-refractivity contribution in [3.63, 3.8) is 0 Å². The normalized spacial score (nSPS) is 26.4. The summed E-state index contributed by atoms with van der Waals surface area (Å²) in [7, 11) is 0. The number of nitrogens with zero attached hydrogens (tertiary/aromatic N) is 3. The number of benzene rings is 1. The Balaban J connectivity index is 1.74. The largest absolute Gasteiger partial charge is 0.410 e. The van der Waals surface area contributed by atoms with Gasteiger partial charge in [0.25, 0.3) is 5.91 Å². The minimum atomic E-state index is -4.60. The van der Waals surface area contributed by atoms with Gasteiger partial charge in [-0.05, 0) is 50.8 Å². The molecule has 3 heterocycles. The molecule has 0 unspecified atom stereocenters. The number of likely N-dealkylation sites (tertiary alicyclic amines) is 1. The maximum atomic E-state index is 13.9. The van der Waals surface area contributed by atoms with Crippen LogP contribution in [0.25, 0.3) is 0 Å². The Morgan fingerprint density at radius 2 is 1.77 bits per heavy atom. The molecule has 2 aromatic rings. The number of hydrogen-bond donors (Lipinski definition) is 1. The standard InChI is InChI=1S/C21H23ClF4N4O/c1-11-4-3-5-12(2)29(11)20(31)18-17(22)19-27-15(13-6-8-14(23)9-7-13)10-16(21(24,25)26)30(19)28-18/h6-9,11-12,15-16,27H,3-5,10H2,1-2H3/t11-,12+,15-,16+/m1/s1. The molecule has 168 valence electrons. The number of amides is 1. The van der Waals surface area contributed by atoms with Gasteiger partial charge >= 0.3 is 6.18 Å². The van der Waals surface area contributed by atoms with Crippen molar-refractivity contribution in [3.8, 4) is 0 Å². The van der Waals surface area contributed by atoms with E-state index in [2.05, 4.69) is 10.4 Å². The minimum Gasteiger partial charge on any atom is -0.362 e. The summed E-state index contributed by atoms with van der Waals surface area (Å²) in [6.45, 7) is 3.83.